The molecule has 0 aliphatic heterocycles. The number of aliphatic hydroxyl groups excluding tert-OH is 1. The fourth-order valence-electron chi connectivity index (χ4n) is 1.80. The molecule has 2 N–H and O–H groups in total. The molecule has 0 aliphatic rings. The van der Waals surface area contributed by atoms with Crippen LogP contribution in [0.4, 0.5) is 4.39 Å². The van der Waals surface area contributed by atoms with Gasteiger partial charge in [-0.1, -0.05) is 41.9 Å². The van der Waals surface area contributed by atoms with Gasteiger partial charge < -0.3 is 5.11 Å². The van der Waals surface area contributed by atoms with Crippen LogP contribution >= 0.6 is 11.6 Å². The molecular formula is C14H13ClFNO3S. The van der Waals surface area contributed by atoms with Crippen LogP contribution in [0, 0.1) is 5.82 Å². The number of sulfonamides is 1. The third kappa shape index (κ3) is 3.79. The molecule has 0 amide bonds. The van der Waals surface area contributed by atoms with Crippen LogP contribution in [0.25, 0.3) is 0 Å². The van der Waals surface area contributed by atoms with Gasteiger partial charge in [0.15, 0.2) is 0 Å². The molecule has 0 saturated carbocycles. The molecule has 0 spiro atoms. The number of benzene rings is 2. The molecule has 0 heterocycles. The highest BCUT2D eigenvalue weighted by atomic mass is 35.5. The van der Waals surface area contributed by atoms with Crippen molar-refractivity contribution < 1.29 is 17.9 Å². The van der Waals surface area contributed by atoms with Crippen LogP contribution in [-0.2, 0) is 10.0 Å². The Labute approximate surface area is 127 Å². The zero-order chi connectivity index (χ0) is 15.5. The topological polar surface area (TPSA) is 66.4 Å². The summed E-state index contributed by atoms with van der Waals surface area (Å²) in [5.74, 6) is -0.697. The summed E-state index contributed by atoms with van der Waals surface area (Å²) in [7, 11) is -3.92. The SMILES string of the molecule is O=S(=O)(N[C@H](CO)c1ccccc1)c1ccc(F)c(Cl)c1. The Morgan fingerprint density at radius 1 is 1.19 bits per heavy atom. The predicted octanol–water partition coefficient (Wildman–Crippen LogP) is 2.49. The normalized spacial score (nSPS) is 13.1. The van der Waals surface area contributed by atoms with Gasteiger partial charge in [0.1, 0.15) is 5.82 Å². The molecule has 112 valence electrons. The number of rotatable bonds is 5. The van der Waals surface area contributed by atoms with Gasteiger partial charge in [-0.25, -0.2) is 17.5 Å². The van der Waals surface area contributed by atoms with E-state index in [1.165, 1.54) is 0 Å². The van der Waals surface area contributed by atoms with Gasteiger partial charge >= 0.3 is 0 Å². The smallest absolute Gasteiger partial charge is 0.241 e. The first-order valence-corrected chi connectivity index (χ1v) is 7.93. The van der Waals surface area contributed by atoms with Gasteiger partial charge in [0.05, 0.1) is 22.6 Å². The van der Waals surface area contributed by atoms with Crippen LogP contribution in [0.5, 0.6) is 0 Å². The number of nitrogens with one attached hydrogen (secondary N) is 1. The molecule has 2 aromatic rings. The molecule has 21 heavy (non-hydrogen) atoms. The predicted molar refractivity (Wildman–Crippen MR) is 78.0 cm³/mol. The van der Waals surface area contributed by atoms with Crippen molar-refractivity contribution in [1.29, 1.82) is 0 Å². The van der Waals surface area contributed by atoms with Crippen LogP contribution in [0.2, 0.25) is 5.02 Å². The third-order valence-electron chi connectivity index (χ3n) is 2.88. The Morgan fingerprint density at radius 3 is 2.43 bits per heavy atom. The highest BCUT2D eigenvalue weighted by Gasteiger charge is 2.21. The van der Waals surface area contributed by atoms with Crippen molar-refractivity contribution in [2.75, 3.05) is 6.61 Å². The quantitative estimate of drug-likeness (QED) is 0.885. The summed E-state index contributed by atoms with van der Waals surface area (Å²) in [5.41, 5.74) is 0.622. The standard InChI is InChI=1S/C14H13ClFNO3S/c15-12-8-11(6-7-13(12)16)21(19,20)17-14(9-18)10-4-2-1-3-5-10/h1-8,14,17-18H,9H2/t14-/m1/s1. The Morgan fingerprint density at radius 2 is 1.86 bits per heavy atom. The molecule has 0 radical (unpaired) electrons. The summed E-state index contributed by atoms with van der Waals surface area (Å²) in [6.45, 7) is -0.405. The maximum absolute atomic E-state index is 13.1. The second-order valence-electron chi connectivity index (χ2n) is 4.34. The molecule has 0 saturated heterocycles. The Hall–Kier alpha value is -1.47. The first kappa shape index (κ1) is 15.9. The van der Waals surface area contributed by atoms with E-state index in [9.17, 15) is 17.9 Å². The van der Waals surface area contributed by atoms with E-state index < -0.39 is 28.5 Å². The highest BCUT2D eigenvalue weighted by Crippen LogP contribution is 2.21. The second kappa shape index (κ2) is 6.53. The first-order chi connectivity index (χ1) is 9.94. The van der Waals surface area contributed by atoms with Crippen LogP contribution < -0.4 is 4.72 Å². The number of hydrogen-bond donors (Lipinski definition) is 2. The summed E-state index contributed by atoms with van der Waals surface area (Å²) in [4.78, 5) is -0.164. The van der Waals surface area contributed by atoms with Crippen molar-refractivity contribution in [2.24, 2.45) is 0 Å². The van der Waals surface area contributed by atoms with Crippen LogP contribution in [0.15, 0.2) is 53.4 Å². The molecule has 0 aromatic heterocycles. The second-order valence-corrected chi connectivity index (χ2v) is 6.46. The summed E-state index contributed by atoms with van der Waals surface area (Å²) < 4.78 is 39.9. The van der Waals surface area contributed by atoms with Gasteiger partial charge in [-0.15, -0.1) is 0 Å². The van der Waals surface area contributed by atoms with E-state index in [0.717, 1.165) is 18.2 Å². The van der Waals surface area contributed by atoms with Crippen molar-refractivity contribution in [3.63, 3.8) is 0 Å². The van der Waals surface area contributed by atoms with Gasteiger partial charge in [-0.05, 0) is 23.8 Å². The fourth-order valence-corrected chi connectivity index (χ4v) is 3.28. The third-order valence-corrected chi connectivity index (χ3v) is 4.64. The molecule has 0 fully saturated rings. The lowest BCUT2D eigenvalue weighted by atomic mass is 10.1. The van der Waals surface area contributed by atoms with E-state index in [1.807, 2.05) is 0 Å². The zero-order valence-corrected chi connectivity index (χ0v) is 12.4. The van der Waals surface area contributed by atoms with Crippen LogP contribution in [0.1, 0.15) is 11.6 Å². The number of halogens is 2. The Kier molecular flexibility index (Phi) is 4.95. The van der Waals surface area contributed by atoms with Gasteiger partial charge in [0, 0.05) is 0 Å². The lowest BCUT2D eigenvalue weighted by Crippen LogP contribution is -2.30. The Balaban J connectivity index is 2.29. The van der Waals surface area contributed by atoms with E-state index in [1.54, 1.807) is 30.3 Å². The van der Waals surface area contributed by atoms with E-state index in [-0.39, 0.29) is 9.92 Å². The fraction of sp³-hybridized carbons (Fsp3) is 0.143. The molecule has 7 heteroatoms. The maximum atomic E-state index is 13.1. The zero-order valence-electron chi connectivity index (χ0n) is 10.8. The summed E-state index contributed by atoms with van der Waals surface area (Å²) in [6, 6.07) is 11.0. The largest absolute Gasteiger partial charge is 0.394 e. The molecule has 0 bridgehead atoms. The van der Waals surface area contributed by atoms with Gasteiger partial charge in [-0.2, -0.15) is 0 Å². The van der Waals surface area contributed by atoms with Crippen molar-refractivity contribution in [3.05, 3.63) is 64.9 Å². The van der Waals surface area contributed by atoms with Gasteiger partial charge in [0.2, 0.25) is 10.0 Å². The first-order valence-electron chi connectivity index (χ1n) is 6.07. The minimum absolute atomic E-state index is 0.164. The molecule has 4 nitrogen and oxygen atoms in total. The average Bonchev–Trinajstić information content (AvgIpc) is 2.48. The minimum atomic E-state index is -3.92. The molecular weight excluding hydrogens is 317 g/mol. The number of aliphatic hydroxyl groups is 1. The summed E-state index contributed by atoms with van der Waals surface area (Å²) >= 11 is 5.59. The molecule has 2 rings (SSSR count). The lowest BCUT2D eigenvalue weighted by molar-refractivity contribution is 0.259. The lowest BCUT2D eigenvalue weighted by Gasteiger charge is -2.17. The van der Waals surface area contributed by atoms with Crippen molar-refractivity contribution in [1.82, 2.24) is 4.72 Å². The minimum Gasteiger partial charge on any atom is -0.394 e. The molecule has 0 aliphatic carbocycles. The maximum Gasteiger partial charge on any atom is 0.241 e. The van der Waals surface area contributed by atoms with Crippen molar-refractivity contribution in [3.8, 4) is 0 Å². The van der Waals surface area contributed by atoms with Crippen LogP contribution in [0.3, 0.4) is 0 Å². The van der Waals surface area contributed by atoms with Gasteiger partial charge in [0.25, 0.3) is 0 Å². The molecule has 0 unspecified atom stereocenters. The Bertz CT molecular complexity index is 722. The molecule has 1 atom stereocenters. The van der Waals surface area contributed by atoms with Crippen molar-refractivity contribution >= 4 is 21.6 Å². The van der Waals surface area contributed by atoms with E-state index in [0.29, 0.717) is 5.56 Å². The summed E-state index contributed by atoms with van der Waals surface area (Å²) in [5, 5.41) is 9.10. The van der Waals surface area contributed by atoms with Crippen molar-refractivity contribution in [2.45, 2.75) is 10.9 Å². The van der Waals surface area contributed by atoms with Gasteiger partial charge in [-0.3, -0.25) is 0 Å². The average molecular weight is 330 g/mol. The van der Waals surface area contributed by atoms with E-state index >= 15 is 0 Å². The highest BCUT2D eigenvalue weighted by molar-refractivity contribution is 7.89. The van der Waals surface area contributed by atoms with E-state index in [2.05, 4.69) is 4.72 Å². The van der Waals surface area contributed by atoms with Crippen LogP contribution in [-0.4, -0.2) is 20.1 Å². The van der Waals surface area contributed by atoms with E-state index in [4.69, 9.17) is 11.6 Å². The monoisotopic (exact) mass is 329 g/mol. The molecule has 2 aromatic carbocycles. The summed E-state index contributed by atoms with van der Waals surface area (Å²) in [6.07, 6.45) is 0. The number of hydrogen-bond acceptors (Lipinski definition) is 3.